The fraction of sp³-hybridized carbons (Fsp3) is 0.368. The molecule has 2 aliphatic carbocycles. The van der Waals surface area contributed by atoms with Crippen LogP contribution in [0.5, 0.6) is 0 Å². The summed E-state index contributed by atoms with van der Waals surface area (Å²) < 4.78 is 30.0. The lowest BCUT2D eigenvalue weighted by atomic mass is 9.98. The summed E-state index contributed by atoms with van der Waals surface area (Å²) in [7, 11) is 0. The van der Waals surface area contributed by atoms with Crippen molar-refractivity contribution in [1.82, 2.24) is 4.90 Å². The Morgan fingerprint density at radius 1 is 0.913 bits per heavy atom. The summed E-state index contributed by atoms with van der Waals surface area (Å²) in [6.07, 6.45) is 17.4. The van der Waals surface area contributed by atoms with Crippen LogP contribution >= 0.6 is 0 Å². The molecule has 4 aliphatic rings. The number of amides is 1. The highest BCUT2D eigenvalue weighted by Gasteiger charge is 2.44. The standard InChI is InChI=1S/C38H41NO7/c1-2-22-42-37(40)35-23-29(46-36-21-13-16-28(45-36)25-43-27-14-7-5-3-4-6-8-15-27)24-39(35)38(41)44-26-34-32-19-11-9-17-30(32)31-18-10-12-20-33(31)34/h2-12,14,17-20,28-29,34-36H,1,13,15-16,21-26H2/b4-3-,7-5-,8-6-,27-14+/t28?,29-,35+,36?/m1/s1. The summed E-state index contributed by atoms with van der Waals surface area (Å²) in [6.45, 7) is 4.48. The SMILES string of the molecule is C=CCOC(=O)[C@@H]1C[C@@H](OC2CCCC(CO/C3=C/C=C\C=C/C=C\C3)O2)CN1C(=O)OCC1c2ccccc2-c2ccccc21. The number of fused-ring (bicyclic) bond motifs is 3. The van der Waals surface area contributed by atoms with Crippen LogP contribution in [0.25, 0.3) is 11.1 Å². The third-order valence-electron chi connectivity index (χ3n) is 8.74. The Labute approximate surface area is 270 Å². The van der Waals surface area contributed by atoms with Crippen molar-refractivity contribution in [3.63, 3.8) is 0 Å². The van der Waals surface area contributed by atoms with Crippen molar-refractivity contribution in [3.05, 3.63) is 121 Å². The van der Waals surface area contributed by atoms with Gasteiger partial charge in [0.05, 0.1) is 24.5 Å². The fourth-order valence-electron chi connectivity index (χ4n) is 6.53. The van der Waals surface area contributed by atoms with Crippen LogP contribution < -0.4 is 0 Å². The van der Waals surface area contributed by atoms with Crippen molar-refractivity contribution >= 4 is 12.1 Å². The minimum atomic E-state index is -0.825. The van der Waals surface area contributed by atoms with Crippen LogP contribution in [0.3, 0.4) is 0 Å². The largest absolute Gasteiger partial charge is 0.495 e. The van der Waals surface area contributed by atoms with Crippen molar-refractivity contribution in [2.45, 2.75) is 62.6 Å². The molecule has 2 aromatic carbocycles. The summed E-state index contributed by atoms with van der Waals surface area (Å²) in [5.74, 6) is 0.286. The van der Waals surface area contributed by atoms with Crippen LogP contribution in [0.4, 0.5) is 4.79 Å². The average Bonchev–Trinajstić information content (AvgIpc) is 3.68. The fourth-order valence-corrected chi connectivity index (χ4v) is 6.53. The van der Waals surface area contributed by atoms with Crippen LogP contribution in [0, 0.1) is 0 Å². The Hall–Kier alpha value is -4.40. The molecule has 2 fully saturated rings. The quantitative estimate of drug-likeness (QED) is 0.208. The second-order valence-electron chi connectivity index (χ2n) is 11.8. The molecule has 0 N–H and O–H groups in total. The number of hydrogen-bond donors (Lipinski definition) is 0. The predicted molar refractivity (Wildman–Crippen MR) is 175 cm³/mol. The lowest BCUT2D eigenvalue weighted by Crippen LogP contribution is -2.42. The first-order chi connectivity index (χ1) is 22.6. The molecule has 0 bridgehead atoms. The van der Waals surface area contributed by atoms with Crippen molar-refractivity contribution in [1.29, 1.82) is 0 Å². The molecule has 0 saturated carbocycles. The first-order valence-corrected chi connectivity index (χ1v) is 16.1. The third kappa shape index (κ3) is 7.52. The maximum Gasteiger partial charge on any atom is 0.410 e. The Balaban J connectivity index is 1.07. The van der Waals surface area contributed by atoms with E-state index >= 15 is 0 Å². The summed E-state index contributed by atoms with van der Waals surface area (Å²) in [4.78, 5) is 28.1. The van der Waals surface area contributed by atoms with Gasteiger partial charge in [0, 0.05) is 18.8 Å². The number of carbonyl (C=O) groups excluding carboxylic acids is 2. The second-order valence-corrected chi connectivity index (χ2v) is 11.8. The van der Waals surface area contributed by atoms with Crippen LogP contribution in [0.1, 0.15) is 49.1 Å². The van der Waals surface area contributed by atoms with Gasteiger partial charge in [0.15, 0.2) is 6.29 Å². The number of allylic oxidation sites excluding steroid dienone is 7. The van der Waals surface area contributed by atoms with Gasteiger partial charge in [0.2, 0.25) is 0 Å². The van der Waals surface area contributed by atoms with Crippen LogP contribution in [-0.4, -0.2) is 67.9 Å². The molecule has 2 aliphatic heterocycles. The van der Waals surface area contributed by atoms with Gasteiger partial charge in [0.1, 0.15) is 25.9 Å². The van der Waals surface area contributed by atoms with Crippen molar-refractivity contribution < 1.29 is 33.3 Å². The maximum atomic E-state index is 13.6. The Kier molecular flexibility index (Phi) is 10.5. The van der Waals surface area contributed by atoms with Gasteiger partial charge in [-0.05, 0) is 47.6 Å². The molecule has 1 amide bonds. The molecule has 240 valence electrons. The first kappa shape index (κ1) is 31.6. The van der Waals surface area contributed by atoms with E-state index in [0.29, 0.717) is 19.4 Å². The molecule has 0 spiro atoms. The number of rotatable bonds is 10. The van der Waals surface area contributed by atoms with Gasteiger partial charge in [-0.2, -0.15) is 0 Å². The van der Waals surface area contributed by atoms with E-state index < -0.39 is 30.5 Å². The van der Waals surface area contributed by atoms with Crippen LogP contribution in [-0.2, 0) is 28.5 Å². The molecule has 2 unspecified atom stereocenters. The van der Waals surface area contributed by atoms with Crippen LogP contribution in [0.15, 0.2) is 109 Å². The van der Waals surface area contributed by atoms with Crippen molar-refractivity contribution in [2.24, 2.45) is 0 Å². The van der Waals surface area contributed by atoms with E-state index in [0.717, 1.165) is 47.3 Å². The highest BCUT2D eigenvalue weighted by Crippen LogP contribution is 2.44. The molecule has 8 heteroatoms. The lowest BCUT2D eigenvalue weighted by molar-refractivity contribution is -0.219. The van der Waals surface area contributed by atoms with E-state index in [4.69, 9.17) is 23.7 Å². The van der Waals surface area contributed by atoms with Gasteiger partial charge >= 0.3 is 12.1 Å². The molecule has 6 rings (SSSR count). The minimum absolute atomic E-state index is 0.0608. The van der Waals surface area contributed by atoms with Crippen molar-refractivity contribution in [2.75, 3.05) is 26.4 Å². The van der Waals surface area contributed by atoms with Gasteiger partial charge in [-0.3, -0.25) is 4.90 Å². The van der Waals surface area contributed by atoms with E-state index in [1.165, 1.54) is 11.0 Å². The van der Waals surface area contributed by atoms with Gasteiger partial charge in [-0.25, -0.2) is 9.59 Å². The highest BCUT2D eigenvalue weighted by atomic mass is 16.7. The third-order valence-corrected chi connectivity index (χ3v) is 8.74. The average molecular weight is 624 g/mol. The van der Waals surface area contributed by atoms with Gasteiger partial charge in [-0.1, -0.05) is 97.6 Å². The van der Waals surface area contributed by atoms with Crippen LogP contribution in [0.2, 0.25) is 0 Å². The zero-order valence-corrected chi connectivity index (χ0v) is 26.0. The number of likely N-dealkylation sites (tertiary alicyclic amines) is 1. The van der Waals surface area contributed by atoms with E-state index in [-0.39, 0.29) is 31.8 Å². The molecular formula is C38H41NO7. The molecule has 4 atom stereocenters. The summed E-state index contributed by atoms with van der Waals surface area (Å²) in [6, 6.07) is 15.6. The van der Waals surface area contributed by atoms with Gasteiger partial charge in [-0.15, -0.1) is 0 Å². The Bertz CT molecular complexity index is 1480. The normalized spacial score (nSPS) is 27.0. The number of ether oxygens (including phenoxy) is 5. The van der Waals surface area contributed by atoms with E-state index in [9.17, 15) is 9.59 Å². The molecule has 2 heterocycles. The van der Waals surface area contributed by atoms with E-state index in [2.05, 4.69) is 36.9 Å². The van der Waals surface area contributed by atoms with Gasteiger partial charge in [0.25, 0.3) is 0 Å². The number of benzene rings is 2. The van der Waals surface area contributed by atoms with Gasteiger partial charge < -0.3 is 23.7 Å². The molecule has 0 radical (unpaired) electrons. The molecule has 2 aromatic rings. The monoisotopic (exact) mass is 623 g/mol. The summed E-state index contributed by atoms with van der Waals surface area (Å²) in [5, 5.41) is 0. The first-order valence-electron chi connectivity index (χ1n) is 16.1. The summed E-state index contributed by atoms with van der Waals surface area (Å²) in [5.41, 5.74) is 4.55. The predicted octanol–water partition coefficient (Wildman–Crippen LogP) is 6.99. The lowest BCUT2D eigenvalue weighted by Gasteiger charge is -2.31. The molecule has 2 saturated heterocycles. The molecule has 46 heavy (non-hydrogen) atoms. The molecular weight excluding hydrogens is 582 g/mol. The zero-order chi connectivity index (χ0) is 31.7. The zero-order valence-electron chi connectivity index (χ0n) is 26.0. The molecule has 0 aromatic heterocycles. The van der Waals surface area contributed by atoms with E-state index in [1.807, 2.05) is 60.7 Å². The number of esters is 1. The number of carbonyl (C=O) groups is 2. The number of hydrogen-bond acceptors (Lipinski definition) is 7. The minimum Gasteiger partial charge on any atom is -0.495 e. The molecule has 8 nitrogen and oxygen atoms in total. The smallest absolute Gasteiger partial charge is 0.410 e. The second kappa shape index (κ2) is 15.3. The Morgan fingerprint density at radius 2 is 1.65 bits per heavy atom. The highest BCUT2D eigenvalue weighted by molar-refractivity contribution is 5.83. The number of nitrogens with zero attached hydrogens (tertiary/aromatic N) is 1. The Morgan fingerprint density at radius 3 is 2.43 bits per heavy atom. The summed E-state index contributed by atoms with van der Waals surface area (Å²) >= 11 is 0. The topological polar surface area (TPSA) is 83.5 Å². The van der Waals surface area contributed by atoms with E-state index in [1.54, 1.807) is 0 Å². The maximum absolute atomic E-state index is 13.6. The van der Waals surface area contributed by atoms with Crippen molar-refractivity contribution in [3.8, 4) is 11.1 Å².